The van der Waals surface area contributed by atoms with Crippen LogP contribution >= 0.6 is 0 Å². The maximum atomic E-state index is 12.9. The minimum atomic E-state index is -0.287. The average Bonchev–Trinajstić information content (AvgIpc) is 2.93. The first kappa shape index (κ1) is 11.8. The zero-order chi connectivity index (χ0) is 13.2. The standard InChI is InChI=1S/C13H14FN5/c14-10-5-3-9(4-6-10)11-16-12(15)18-13(17-11)19-7-1-2-8-19/h3-6H,1-2,7-8H2,(H2,15,16,17,18). The summed E-state index contributed by atoms with van der Waals surface area (Å²) >= 11 is 0. The lowest BCUT2D eigenvalue weighted by Gasteiger charge is -2.15. The molecule has 2 aromatic rings. The largest absolute Gasteiger partial charge is 0.368 e. The number of nitrogens with zero attached hydrogens (tertiary/aromatic N) is 4. The van der Waals surface area contributed by atoms with Gasteiger partial charge in [-0.25, -0.2) is 4.39 Å². The Morgan fingerprint density at radius 1 is 1.00 bits per heavy atom. The number of nitrogens with two attached hydrogens (primary N) is 1. The zero-order valence-electron chi connectivity index (χ0n) is 10.4. The molecule has 1 fully saturated rings. The molecule has 1 aliphatic rings. The molecule has 0 bridgehead atoms. The molecule has 1 aromatic heterocycles. The highest BCUT2D eigenvalue weighted by Crippen LogP contribution is 2.21. The average molecular weight is 259 g/mol. The SMILES string of the molecule is Nc1nc(-c2ccc(F)cc2)nc(N2CCCC2)n1. The molecule has 0 aliphatic carbocycles. The molecule has 98 valence electrons. The van der Waals surface area contributed by atoms with Crippen molar-refractivity contribution < 1.29 is 4.39 Å². The van der Waals surface area contributed by atoms with Gasteiger partial charge in [-0.1, -0.05) is 0 Å². The Kier molecular flexibility index (Phi) is 2.98. The first-order valence-electron chi connectivity index (χ1n) is 6.25. The van der Waals surface area contributed by atoms with E-state index in [4.69, 9.17) is 5.73 Å². The minimum Gasteiger partial charge on any atom is -0.368 e. The van der Waals surface area contributed by atoms with Gasteiger partial charge in [-0.05, 0) is 37.1 Å². The van der Waals surface area contributed by atoms with Crippen LogP contribution in [0.1, 0.15) is 12.8 Å². The Balaban J connectivity index is 1.99. The van der Waals surface area contributed by atoms with E-state index >= 15 is 0 Å². The topological polar surface area (TPSA) is 67.9 Å². The first-order chi connectivity index (χ1) is 9.22. The molecule has 3 rings (SSSR count). The van der Waals surface area contributed by atoms with Gasteiger partial charge in [0.15, 0.2) is 5.82 Å². The second kappa shape index (κ2) is 4.79. The van der Waals surface area contributed by atoms with Gasteiger partial charge in [-0.15, -0.1) is 0 Å². The summed E-state index contributed by atoms with van der Waals surface area (Å²) < 4.78 is 12.9. The third-order valence-corrected chi connectivity index (χ3v) is 3.13. The number of halogens is 1. The lowest BCUT2D eigenvalue weighted by molar-refractivity contribution is 0.628. The molecule has 0 spiro atoms. The summed E-state index contributed by atoms with van der Waals surface area (Å²) in [6.45, 7) is 1.87. The molecule has 0 amide bonds. The number of rotatable bonds is 2. The van der Waals surface area contributed by atoms with Crippen molar-refractivity contribution in [2.24, 2.45) is 0 Å². The van der Waals surface area contributed by atoms with Crippen LogP contribution in [0.4, 0.5) is 16.3 Å². The quantitative estimate of drug-likeness (QED) is 0.891. The van der Waals surface area contributed by atoms with Crippen molar-refractivity contribution in [3.05, 3.63) is 30.1 Å². The Morgan fingerprint density at radius 3 is 2.37 bits per heavy atom. The predicted octanol–water partition coefficient (Wildman–Crippen LogP) is 1.86. The summed E-state index contributed by atoms with van der Waals surface area (Å²) in [6, 6.07) is 6.03. The number of aromatic nitrogens is 3. The van der Waals surface area contributed by atoms with Gasteiger partial charge in [0.25, 0.3) is 0 Å². The lowest BCUT2D eigenvalue weighted by Crippen LogP contribution is -2.21. The number of hydrogen-bond acceptors (Lipinski definition) is 5. The third kappa shape index (κ3) is 2.47. The maximum Gasteiger partial charge on any atom is 0.230 e. The van der Waals surface area contributed by atoms with E-state index in [0.29, 0.717) is 11.8 Å². The smallest absolute Gasteiger partial charge is 0.230 e. The van der Waals surface area contributed by atoms with Gasteiger partial charge in [0.1, 0.15) is 5.82 Å². The molecule has 5 nitrogen and oxygen atoms in total. The van der Waals surface area contributed by atoms with E-state index < -0.39 is 0 Å². The van der Waals surface area contributed by atoms with E-state index in [1.165, 1.54) is 12.1 Å². The molecule has 1 aliphatic heterocycles. The van der Waals surface area contributed by atoms with Gasteiger partial charge in [0, 0.05) is 18.7 Å². The number of anilines is 2. The fraction of sp³-hybridized carbons (Fsp3) is 0.308. The van der Waals surface area contributed by atoms with Gasteiger partial charge in [-0.3, -0.25) is 0 Å². The van der Waals surface area contributed by atoms with Gasteiger partial charge < -0.3 is 10.6 Å². The molecule has 0 atom stereocenters. The Hall–Kier alpha value is -2.24. The Bertz CT molecular complexity index is 578. The fourth-order valence-electron chi connectivity index (χ4n) is 2.17. The second-order valence-electron chi connectivity index (χ2n) is 4.52. The number of benzene rings is 1. The van der Waals surface area contributed by atoms with Crippen molar-refractivity contribution >= 4 is 11.9 Å². The van der Waals surface area contributed by atoms with E-state index in [9.17, 15) is 4.39 Å². The van der Waals surface area contributed by atoms with Crippen LogP contribution in [-0.2, 0) is 0 Å². The van der Waals surface area contributed by atoms with Gasteiger partial charge >= 0.3 is 0 Å². The monoisotopic (exact) mass is 259 g/mol. The summed E-state index contributed by atoms with van der Waals surface area (Å²) in [7, 11) is 0. The normalized spacial score (nSPS) is 14.9. The van der Waals surface area contributed by atoms with Crippen molar-refractivity contribution in [2.75, 3.05) is 23.7 Å². The second-order valence-corrected chi connectivity index (χ2v) is 4.52. The highest BCUT2D eigenvalue weighted by molar-refractivity contribution is 5.57. The van der Waals surface area contributed by atoms with Crippen LogP contribution in [-0.4, -0.2) is 28.0 Å². The van der Waals surface area contributed by atoms with Crippen LogP contribution in [0.15, 0.2) is 24.3 Å². The highest BCUT2D eigenvalue weighted by atomic mass is 19.1. The van der Waals surface area contributed by atoms with E-state index in [1.807, 2.05) is 0 Å². The van der Waals surface area contributed by atoms with Crippen LogP contribution in [0.2, 0.25) is 0 Å². The molecule has 19 heavy (non-hydrogen) atoms. The Labute approximate surface area is 110 Å². The van der Waals surface area contributed by atoms with Crippen molar-refractivity contribution in [3.63, 3.8) is 0 Å². The summed E-state index contributed by atoms with van der Waals surface area (Å²) in [5.41, 5.74) is 6.46. The molecular formula is C13H14FN5. The summed E-state index contributed by atoms with van der Waals surface area (Å²) in [6.07, 6.45) is 2.27. The summed E-state index contributed by atoms with van der Waals surface area (Å²) in [5.74, 6) is 0.987. The summed E-state index contributed by atoms with van der Waals surface area (Å²) in [4.78, 5) is 14.8. The third-order valence-electron chi connectivity index (χ3n) is 3.13. The van der Waals surface area contributed by atoms with Gasteiger partial charge in [0.05, 0.1) is 0 Å². The molecular weight excluding hydrogens is 245 g/mol. The number of hydrogen-bond donors (Lipinski definition) is 1. The van der Waals surface area contributed by atoms with E-state index in [1.54, 1.807) is 12.1 Å². The molecule has 0 saturated carbocycles. The molecule has 1 saturated heterocycles. The molecule has 0 radical (unpaired) electrons. The molecule has 0 unspecified atom stereocenters. The first-order valence-corrected chi connectivity index (χ1v) is 6.25. The molecule has 2 heterocycles. The van der Waals surface area contributed by atoms with E-state index in [2.05, 4.69) is 19.9 Å². The van der Waals surface area contributed by atoms with E-state index in [-0.39, 0.29) is 11.8 Å². The number of nitrogen functional groups attached to an aromatic ring is 1. The molecule has 1 aromatic carbocycles. The van der Waals surface area contributed by atoms with Crippen LogP contribution in [0.5, 0.6) is 0 Å². The highest BCUT2D eigenvalue weighted by Gasteiger charge is 2.17. The van der Waals surface area contributed by atoms with Crippen molar-refractivity contribution in [2.45, 2.75) is 12.8 Å². The fourth-order valence-corrected chi connectivity index (χ4v) is 2.17. The van der Waals surface area contributed by atoms with Crippen LogP contribution < -0.4 is 10.6 Å². The minimum absolute atomic E-state index is 0.191. The van der Waals surface area contributed by atoms with Crippen LogP contribution in [0.3, 0.4) is 0 Å². The van der Waals surface area contributed by atoms with Crippen LogP contribution in [0, 0.1) is 5.82 Å². The molecule has 6 heteroatoms. The molecule has 2 N–H and O–H groups in total. The van der Waals surface area contributed by atoms with Gasteiger partial charge in [-0.2, -0.15) is 15.0 Å². The Morgan fingerprint density at radius 2 is 1.68 bits per heavy atom. The lowest BCUT2D eigenvalue weighted by atomic mass is 10.2. The van der Waals surface area contributed by atoms with Crippen molar-refractivity contribution in [3.8, 4) is 11.4 Å². The van der Waals surface area contributed by atoms with Gasteiger partial charge in [0.2, 0.25) is 11.9 Å². The predicted molar refractivity (Wildman–Crippen MR) is 71.1 cm³/mol. The zero-order valence-corrected chi connectivity index (χ0v) is 10.4. The van der Waals surface area contributed by atoms with Crippen molar-refractivity contribution in [1.29, 1.82) is 0 Å². The maximum absolute atomic E-state index is 12.9. The van der Waals surface area contributed by atoms with Crippen LogP contribution in [0.25, 0.3) is 11.4 Å². The van der Waals surface area contributed by atoms with E-state index in [0.717, 1.165) is 31.5 Å². The van der Waals surface area contributed by atoms with Crippen molar-refractivity contribution in [1.82, 2.24) is 15.0 Å². The summed E-state index contributed by atoms with van der Waals surface area (Å²) in [5, 5.41) is 0.